The van der Waals surface area contributed by atoms with E-state index in [4.69, 9.17) is 14.7 Å². The summed E-state index contributed by atoms with van der Waals surface area (Å²) >= 11 is 0. The fourth-order valence-corrected chi connectivity index (χ4v) is 1.99. The zero-order chi connectivity index (χ0) is 18.8. The number of carbonyl (C=O) groups excluding carboxylic acids is 2. The number of rotatable bonds is 7. The van der Waals surface area contributed by atoms with Crippen molar-refractivity contribution in [3.8, 4) is 17.6 Å². The van der Waals surface area contributed by atoms with Gasteiger partial charge in [0.25, 0.3) is 11.8 Å². The molecule has 7 heteroatoms. The van der Waals surface area contributed by atoms with Gasteiger partial charge < -0.3 is 9.47 Å². The topological polar surface area (TPSA) is 100 Å². The van der Waals surface area contributed by atoms with Crippen LogP contribution < -0.4 is 20.3 Å². The third-order valence-corrected chi connectivity index (χ3v) is 3.37. The lowest BCUT2D eigenvalue weighted by Crippen LogP contribution is -2.45. The highest BCUT2D eigenvalue weighted by molar-refractivity contribution is 5.83. The summed E-state index contributed by atoms with van der Waals surface area (Å²) in [7, 11) is 0. The maximum atomic E-state index is 11.7. The molecule has 0 unspecified atom stereocenters. The van der Waals surface area contributed by atoms with Crippen molar-refractivity contribution in [3.05, 3.63) is 59.7 Å². The number of hydrogen-bond acceptors (Lipinski definition) is 5. The number of amides is 2. The predicted molar refractivity (Wildman–Crippen MR) is 94.3 cm³/mol. The monoisotopic (exact) mass is 353 g/mol. The quantitative estimate of drug-likeness (QED) is 0.738. The first kappa shape index (κ1) is 18.8. The van der Waals surface area contributed by atoms with Gasteiger partial charge in [-0.05, 0) is 48.4 Å². The standard InChI is InChI=1S/C19H19N3O4/c1-2-14-4-3-5-17(10-14)26-13-19(24)22-21-18(23)12-25-16-8-6-15(11-20)7-9-16/h3-10H,2,12-13H2,1H3,(H,21,23)(H,22,24). The van der Waals surface area contributed by atoms with Gasteiger partial charge in [0.2, 0.25) is 0 Å². The van der Waals surface area contributed by atoms with Crippen LogP contribution in [-0.2, 0) is 16.0 Å². The second-order valence-corrected chi connectivity index (χ2v) is 5.31. The lowest BCUT2D eigenvalue weighted by atomic mass is 10.2. The summed E-state index contributed by atoms with van der Waals surface area (Å²) in [6, 6.07) is 15.8. The summed E-state index contributed by atoms with van der Waals surface area (Å²) in [5.74, 6) is 0.0360. The Labute approximate surface area is 151 Å². The number of hydrogen-bond donors (Lipinski definition) is 2. The van der Waals surface area contributed by atoms with Crippen molar-refractivity contribution < 1.29 is 19.1 Å². The van der Waals surface area contributed by atoms with Crippen LogP contribution in [0.4, 0.5) is 0 Å². The molecule has 0 atom stereocenters. The molecule has 7 nitrogen and oxygen atoms in total. The number of aryl methyl sites for hydroxylation is 1. The van der Waals surface area contributed by atoms with Gasteiger partial charge in [0.1, 0.15) is 11.5 Å². The molecule has 0 bridgehead atoms. The molecule has 26 heavy (non-hydrogen) atoms. The molecule has 0 saturated carbocycles. The fourth-order valence-electron chi connectivity index (χ4n) is 1.99. The Kier molecular flexibility index (Phi) is 7.01. The van der Waals surface area contributed by atoms with Crippen LogP contribution in [0.1, 0.15) is 18.1 Å². The van der Waals surface area contributed by atoms with E-state index in [1.165, 1.54) is 0 Å². The molecule has 2 aromatic carbocycles. The van der Waals surface area contributed by atoms with Crippen molar-refractivity contribution in [1.29, 1.82) is 5.26 Å². The van der Waals surface area contributed by atoms with Crippen LogP contribution in [0.2, 0.25) is 0 Å². The van der Waals surface area contributed by atoms with E-state index >= 15 is 0 Å². The zero-order valence-electron chi connectivity index (χ0n) is 14.3. The molecule has 134 valence electrons. The Hall–Kier alpha value is -3.53. The maximum Gasteiger partial charge on any atom is 0.276 e. The molecule has 0 heterocycles. The van der Waals surface area contributed by atoms with Gasteiger partial charge in [-0.3, -0.25) is 20.4 Å². The first-order valence-corrected chi connectivity index (χ1v) is 8.03. The van der Waals surface area contributed by atoms with Crippen molar-refractivity contribution in [3.63, 3.8) is 0 Å². The van der Waals surface area contributed by atoms with Crippen LogP contribution in [0.15, 0.2) is 48.5 Å². The minimum Gasteiger partial charge on any atom is -0.484 e. The van der Waals surface area contributed by atoms with Gasteiger partial charge in [-0.25, -0.2) is 0 Å². The second-order valence-electron chi connectivity index (χ2n) is 5.31. The van der Waals surface area contributed by atoms with E-state index in [-0.39, 0.29) is 13.2 Å². The summed E-state index contributed by atoms with van der Waals surface area (Å²) in [6.45, 7) is 1.54. The summed E-state index contributed by atoms with van der Waals surface area (Å²) in [4.78, 5) is 23.4. The van der Waals surface area contributed by atoms with Crippen LogP contribution in [0, 0.1) is 11.3 Å². The van der Waals surface area contributed by atoms with Crippen molar-refractivity contribution in [2.24, 2.45) is 0 Å². The van der Waals surface area contributed by atoms with E-state index < -0.39 is 11.8 Å². The highest BCUT2D eigenvalue weighted by atomic mass is 16.5. The third-order valence-electron chi connectivity index (χ3n) is 3.37. The van der Waals surface area contributed by atoms with Crippen LogP contribution in [0.3, 0.4) is 0 Å². The van der Waals surface area contributed by atoms with Gasteiger partial charge in [-0.2, -0.15) is 5.26 Å². The molecule has 0 aliphatic carbocycles. The van der Waals surface area contributed by atoms with E-state index in [1.54, 1.807) is 30.3 Å². The second kappa shape index (κ2) is 9.69. The molecule has 0 aliphatic rings. The number of ether oxygens (including phenoxy) is 2. The smallest absolute Gasteiger partial charge is 0.276 e. The van der Waals surface area contributed by atoms with Gasteiger partial charge in [-0.15, -0.1) is 0 Å². The molecule has 0 aliphatic heterocycles. The number of nitrogens with one attached hydrogen (secondary N) is 2. The summed E-state index contributed by atoms with van der Waals surface area (Å²) < 4.78 is 10.6. The molecule has 2 amide bonds. The normalized spacial score (nSPS) is 9.69. The van der Waals surface area contributed by atoms with Gasteiger partial charge in [0.15, 0.2) is 13.2 Å². The highest BCUT2D eigenvalue weighted by Crippen LogP contribution is 2.13. The van der Waals surface area contributed by atoms with Gasteiger partial charge in [0, 0.05) is 0 Å². The molecular weight excluding hydrogens is 334 g/mol. The Balaban J connectivity index is 1.67. The molecule has 2 N–H and O–H groups in total. The van der Waals surface area contributed by atoms with Crippen molar-refractivity contribution in [2.45, 2.75) is 13.3 Å². The SMILES string of the molecule is CCc1cccc(OCC(=O)NNC(=O)COc2ccc(C#N)cc2)c1. The molecule has 0 aromatic heterocycles. The number of nitriles is 1. The predicted octanol–water partition coefficient (Wildman–Crippen LogP) is 1.73. The van der Waals surface area contributed by atoms with Crippen LogP contribution in [0.5, 0.6) is 11.5 Å². The Morgan fingerprint density at radius 2 is 1.58 bits per heavy atom. The van der Waals surface area contributed by atoms with Crippen molar-refractivity contribution >= 4 is 11.8 Å². The Morgan fingerprint density at radius 1 is 0.962 bits per heavy atom. The Morgan fingerprint density at radius 3 is 2.15 bits per heavy atom. The van der Waals surface area contributed by atoms with Crippen LogP contribution >= 0.6 is 0 Å². The maximum absolute atomic E-state index is 11.7. The minimum absolute atomic E-state index is 0.218. The van der Waals surface area contributed by atoms with Crippen LogP contribution in [0.25, 0.3) is 0 Å². The van der Waals surface area contributed by atoms with Gasteiger partial charge in [-0.1, -0.05) is 19.1 Å². The average Bonchev–Trinajstić information content (AvgIpc) is 2.69. The first-order chi connectivity index (χ1) is 12.6. The van der Waals surface area contributed by atoms with Crippen LogP contribution in [-0.4, -0.2) is 25.0 Å². The molecule has 0 radical (unpaired) electrons. The minimum atomic E-state index is -0.518. The third kappa shape index (κ3) is 6.17. The molecule has 0 fully saturated rings. The number of carbonyl (C=O) groups is 2. The molecule has 2 rings (SSSR count). The van der Waals surface area contributed by atoms with E-state index in [9.17, 15) is 9.59 Å². The number of hydrazine groups is 1. The summed E-state index contributed by atoms with van der Waals surface area (Å²) in [5, 5.41) is 8.71. The summed E-state index contributed by atoms with van der Waals surface area (Å²) in [6.07, 6.45) is 0.874. The first-order valence-electron chi connectivity index (χ1n) is 8.03. The van der Waals surface area contributed by atoms with E-state index in [2.05, 4.69) is 10.9 Å². The fraction of sp³-hybridized carbons (Fsp3) is 0.211. The summed E-state index contributed by atoms with van der Waals surface area (Å²) in [5.41, 5.74) is 6.09. The van der Waals surface area contributed by atoms with Gasteiger partial charge in [0.05, 0.1) is 11.6 Å². The van der Waals surface area contributed by atoms with E-state index in [0.717, 1.165) is 12.0 Å². The lowest BCUT2D eigenvalue weighted by Gasteiger charge is -2.10. The average molecular weight is 353 g/mol. The van der Waals surface area contributed by atoms with Crippen molar-refractivity contribution in [1.82, 2.24) is 10.9 Å². The van der Waals surface area contributed by atoms with E-state index in [1.807, 2.05) is 31.2 Å². The lowest BCUT2D eigenvalue weighted by molar-refractivity contribution is -0.131. The van der Waals surface area contributed by atoms with E-state index in [0.29, 0.717) is 17.1 Å². The largest absolute Gasteiger partial charge is 0.484 e. The number of nitrogens with zero attached hydrogens (tertiary/aromatic N) is 1. The molecular formula is C19H19N3O4. The molecule has 2 aromatic rings. The Bertz CT molecular complexity index is 797. The molecule has 0 spiro atoms. The number of benzene rings is 2. The van der Waals surface area contributed by atoms with Crippen molar-refractivity contribution in [2.75, 3.05) is 13.2 Å². The highest BCUT2D eigenvalue weighted by Gasteiger charge is 2.07. The molecule has 0 saturated heterocycles. The zero-order valence-corrected chi connectivity index (χ0v) is 14.3. The van der Waals surface area contributed by atoms with Gasteiger partial charge >= 0.3 is 0 Å².